The molecule has 0 spiro atoms. The van der Waals surface area contributed by atoms with Gasteiger partial charge in [-0.2, -0.15) is 0 Å². The van der Waals surface area contributed by atoms with Crippen LogP contribution in [-0.4, -0.2) is 39.8 Å². The first-order valence-electron chi connectivity index (χ1n) is 13.2. The van der Waals surface area contributed by atoms with E-state index in [1.165, 1.54) is 17.0 Å². The maximum Gasteiger partial charge on any atom is 0.251 e. The van der Waals surface area contributed by atoms with Crippen LogP contribution in [0.1, 0.15) is 34.3 Å². The first-order valence-corrected chi connectivity index (χ1v) is 13.5. The lowest BCUT2D eigenvalue weighted by Gasteiger charge is -2.22. The minimum atomic E-state index is -0.587. The Labute approximate surface area is 241 Å². The summed E-state index contributed by atoms with van der Waals surface area (Å²) in [4.78, 5) is 43.9. The highest BCUT2D eigenvalue weighted by molar-refractivity contribution is 6.30. The second-order valence-corrected chi connectivity index (χ2v) is 10.3. The third-order valence-corrected chi connectivity index (χ3v) is 7.27. The summed E-state index contributed by atoms with van der Waals surface area (Å²) in [6, 6.07) is 19.1. The Balaban J connectivity index is 1.26. The summed E-state index contributed by atoms with van der Waals surface area (Å²) in [6.45, 7) is 7.72. The van der Waals surface area contributed by atoms with E-state index in [0.717, 1.165) is 18.4 Å². The van der Waals surface area contributed by atoms with E-state index in [9.17, 15) is 18.8 Å². The fraction of sp³-hybridized carbons (Fsp3) is 0.226. The zero-order valence-electron chi connectivity index (χ0n) is 22.1. The first kappa shape index (κ1) is 27.9. The minimum absolute atomic E-state index is 0.0239. The first-order chi connectivity index (χ1) is 19.8. The lowest BCUT2D eigenvalue weighted by Crippen LogP contribution is -2.43. The monoisotopic (exact) mass is 571 g/mol. The number of carbonyl (C=O) groups excluding carboxylic acids is 3. The van der Waals surface area contributed by atoms with Gasteiger partial charge in [0, 0.05) is 47.4 Å². The summed E-state index contributed by atoms with van der Waals surface area (Å²) in [5.74, 6) is -1.53. The second kappa shape index (κ2) is 12.2. The van der Waals surface area contributed by atoms with Crippen molar-refractivity contribution in [2.45, 2.75) is 38.5 Å². The van der Waals surface area contributed by atoms with Crippen molar-refractivity contribution in [2.75, 3.05) is 6.54 Å². The van der Waals surface area contributed by atoms with E-state index in [4.69, 9.17) is 18.2 Å². The maximum atomic E-state index is 14.2. The highest BCUT2D eigenvalue weighted by atomic mass is 35.5. The normalized spacial score (nSPS) is 12.5. The summed E-state index contributed by atoms with van der Waals surface area (Å²) in [5, 5.41) is 6.09. The van der Waals surface area contributed by atoms with Crippen LogP contribution in [0, 0.1) is 12.4 Å². The summed E-state index contributed by atoms with van der Waals surface area (Å²) < 4.78 is 15.8. The molecule has 10 heteroatoms. The lowest BCUT2D eigenvalue weighted by molar-refractivity contribution is -0.137. The van der Waals surface area contributed by atoms with Gasteiger partial charge in [-0.15, -0.1) is 0 Å². The largest absolute Gasteiger partial charge is 0.350 e. The van der Waals surface area contributed by atoms with Gasteiger partial charge in [0.1, 0.15) is 12.4 Å². The standard InChI is InChI=1S/C31H27ClFN5O3/c1-34-26-17-37(27-13-10-21(14-24(26)27)31(41)36-15-20-6-3-2-4-7-20)19-29(40)38(23-11-12-23)18-28(39)35-16-22-8-5-9-25(32)30(22)33/h2-10,13-14,17,23H,11-12,15-16,18-19H2,(H,35,39)(H,36,41). The van der Waals surface area contributed by atoms with Gasteiger partial charge in [-0.3, -0.25) is 14.4 Å². The van der Waals surface area contributed by atoms with Gasteiger partial charge in [0.25, 0.3) is 5.91 Å². The zero-order valence-corrected chi connectivity index (χ0v) is 22.8. The fourth-order valence-corrected chi connectivity index (χ4v) is 4.85. The lowest BCUT2D eigenvalue weighted by atomic mass is 10.1. The number of rotatable bonds is 10. The molecule has 41 heavy (non-hydrogen) atoms. The van der Waals surface area contributed by atoms with Gasteiger partial charge in [-0.25, -0.2) is 9.24 Å². The Morgan fingerprint density at radius 3 is 2.54 bits per heavy atom. The van der Waals surface area contributed by atoms with Crippen molar-refractivity contribution in [2.24, 2.45) is 0 Å². The maximum absolute atomic E-state index is 14.2. The Kier molecular flexibility index (Phi) is 8.31. The SMILES string of the molecule is [C-]#[N+]c1cn(CC(=O)N(CC(=O)NCc2cccc(Cl)c2F)C2CC2)c2ccc(C(=O)NCc3ccccc3)cc12. The fourth-order valence-electron chi connectivity index (χ4n) is 4.65. The van der Waals surface area contributed by atoms with Crippen molar-refractivity contribution in [3.05, 3.63) is 112 Å². The number of amides is 3. The summed E-state index contributed by atoms with van der Waals surface area (Å²) >= 11 is 5.82. The summed E-state index contributed by atoms with van der Waals surface area (Å²) in [5.41, 5.74) is 2.60. The van der Waals surface area contributed by atoms with E-state index in [0.29, 0.717) is 28.7 Å². The molecule has 5 rings (SSSR count). The van der Waals surface area contributed by atoms with Crippen molar-refractivity contribution in [3.63, 3.8) is 0 Å². The molecule has 1 heterocycles. The second-order valence-electron chi connectivity index (χ2n) is 9.90. The Hall–Kier alpha value is -4.68. The van der Waals surface area contributed by atoms with E-state index in [1.807, 2.05) is 30.3 Å². The van der Waals surface area contributed by atoms with Gasteiger partial charge in [-0.05, 0) is 36.6 Å². The van der Waals surface area contributed by atoms with Crippen molar-refractivity contribution in [1.82, 2.24) is 20.1 Å². The van der Waals surface area contributed by atoms with Gasteiger partial charge < -0.3 is 20.1 Å². The predicted molar refractivity (Wildman–Crippen MR) is 154 cm³/mol. The van der Waals surface area contributed by atoms with Crippen molar-refractivity contribution < 1.29 is 18.8 Å². The number of carbonyl (C=O) groups is 3. The molecule has 2 N–H and O–H groups in total. The van der Waals surface area contributed by atoms with Gasteiger partial charge in [0.2, 0.25) is 17.5 Å². The van der Waals surface area contributed by atoms with Crippen LogP contribution >= 0.6 is 11.6 Å². The molecule has 4 aromatic rings. The van der Waals surface area contributed by atoms with Crippen LogP contribution in [0.5, 0.6) is 0 Å². The van der Waals surface area contributed by atoms with Gasteiger partial charge in [-0.1, -0.05) is 60.1 Å². The molecule has 1 saturated carbocycles. The van der Waals surface area contributed by atoms with Crippen molar-refractivity contribution >= 4 is 45.9 Å². The van der Waals surface area contributed by atoms with Crippen molar-refractivity contribution in [3.8, 4) is 0 Å². The van der Waals surface area contributed by atoms with E-state index in [2.05, 4.69) is 15.5 Å². The van der Waals surface area contributed by atoms with Gasteiger partial charge >= 0.3 is 0 Å². The van der Waals surface area contributed by atoms with Crippen LogP contribution < -0.4 is 10.6 Å². The number of nitrogens with zero attached hydrogens (tertiary/aromatic N) is 3. The molecule has 0 radical (unpaired) electrons. The molecule has 0 atom stereocenters. The van der Waals surface area contributed by atoms with E-state index >= 15 is 0 Å². The zero-order chi connectivity index (χ0) is 28.9. The number of halogens is 2. The molecule has 0 saturated heterocycles. The quantitative estimate of drug-likeness (QED) is 0.256. The average molecular weight is 572 g/mol. The summed E-state index contributed by atoms with van der Waals surface area (Å²) in [6.07, 6.45) is 3.18. The highest BCUT2D eigenvalue weighted by Crippen LogP contribution is 2.31. The predicted octanol–water partition coefficient (Wildman–Crippen LogP) is 5.22. The topological polar surface area (TPSA) is 87.8 Å². The molecule has 1 aliphatic carbocycles. The number of aromatic nitrogens is 1. The van der Waals surface area contributed by atoms with Crippen LogP contribution in [0.15, 0.2) is 72.9 Å². The van der Waals surface area contributed by atoms with Crippen LogP contribution in [0.25, 0.3) is 15.7 Å². The molecule has 0 unspecified atom stereocenters. The highest BCUT2D eigenvalue weighted by Gasteiger charge is 2.34. The molecule has 0 bridgehead atoms. The van der Waals surface area contributed by atoms with Gasteiger partial charge in [0.05, 0.1) is 18.1 Å². The molecule has 3 aromatic carbocycles. The Morgan fingerprint density at radius 1 is 1.02 bits per heavy atom. The third-order valence-electron chi connectivity index (χ3n) is 6.97. The minimum Gasteiger partial charge on any atom is -0.350 e. The Bertz CT molecular complexity index is 1660. The van der Waals surface area contributed by atoms with Crippen molar-refractivity contribution in [1.29, 1.82) is 0 Å². The number of benzene rings is 3. The van der Waals surface area contributed by atoms with E-state index < -0.39 is 11.7 Å². The molecule has 1 aliphatic rings. The molecule has 1 aromatic heterocycles. The van der Waals surface area contributed by atoms with Crippen LogP contribution in [0.2, 0.25) is 5.02 Å². The number of hydrogen-bond donors (Lipinski definition) is 2. The number of nitrogens with one attached hydrogen (secondary N) is 2. The van der Waals surface area contributed by atoms with E-state index in [-0.39, 0.29) is 48.1 Å². The number of fused-ring (bicyclic) bond motifs is 1. The average Bonchev–Trinajstić information content (AvgIpc) is 3.77. The van der Waals surface area contributed by atoms with Crippen LogP contribution in [-0.2, 0) is 29.2 Å². The molecule has 0 aliphatic heterocycles. The van der Waals surface area contributed by atoms with Gasteiger partial charge in [0.15, 0.2) is 0 Å². The van der Waals surface area contributed by atoms with Crippen LogP contribution in [0.3, 0.4) is 0 Å². The molecule has 208 valence electrons. The van der Waals surface area contributed by atoms with E-state index in [1.54, 1.807) is 35.0 Å². The Morgan fingerprint density at radius 2 is 1.80 bits per heavy atom. The molecule has 1 fully saturated rings. The molecule has 3 amide bonds. The molecular weight excluding hydrogens is 545 g/mol. The molecule has 8 nitrogen and oxygen atoms in total. The number of hydrogen-bond acceptors (Lipinski definition) is 3. The molecular formula is C31H27ClFN5O3. The van der Waals surface area contributed by atoms with Crippen LogP contribution in [0.4, 0.5) is 10.1 Å². The third kappa shape index (κ3) is 6.56. The smallest absolute Gasteiger partial charge is 0.251 e. The summed E-state index contributed by atoms with van der Waals surface area (Å²) in [7, 11) is 0.